The largest absolute Gasteiger partial charge is 0.379 e. The van der Waals surface area contributed by atoms with Crippen LogP contribution in [0.15, 0.2) is 36.4 Å². The average molecular weight is 539 g/mol. The summed E-state index contributed by atoms with van der Waals surface area (Å²) in [5.41, 5.74) is 4.18. The topological polar surface area (TPSA) is 108 Å². The number of carbonyl (C=O) groups excluding carboxylic acids is 4. The van der Waals surface area contributed by atoms with Crippen molar-refractivity contribution in [3.8, 4) is 0 Å². The van der Waals surface area contributed by atoms with Crippen molar-refractivity contribution in [2.45, 2.75) is 44.8 Å². The molecule has 0 aliphatic carbocycles. The van der Waals surface area contributed by atoms with E-state index in [1.807, 2.05) is 30.3 Å². The normalized spacial score (nSPS) is 19.9. The quantitative estimate of drug-likeness (QED) is 0.497. The smallest absolute Gasteiger partial charge is 0.255 e. The number of hydrogen-bond donors (Lipinski definition) is 2. The first-order valence-electron chi connectivity index (χ1n) is 13.0. The molecule has 0 bridgehead atoms. The highest BCUT2D eigenvalue weighted by molar-refractivity contribution is 6.31. The van der Waals surface area contributed by atoms with Crippen LogP contribution in [0.5, 0.6) is 0 Å². The van der Waals surface area contributed by atoms with Crippen LogP contribution in [0.25, 0.3) is 0 Å². The van der Waals surface area contributed by atoms with Crippen LogP contribution in [0.4, 0.5) is 0 Å². The number of benzene rings is 2. The maximum absolute atomic E-state index is 12.9. The lowest BCUT2D eigenvalue weighted by Crippen LogP contribution is -2.52. The summed E-state index contributed by atoms with van der Waals surface area (Å²) in [6.45, 7) is 4.90. The van der Waals surface area contributed by atoms with Crippen molar-refractivity contribution >= 4 is 35.2 Å². The summed E-state index contributed by atoms with van der Waals surface area (Å²) in [7, 11) is 0. The lowest BCUT2D eigenvalue weighted by atomic mass is 10.0. The van der Waals surface area contributed by atoms with E-state index in [-0.39, 0.29) is 30.6 Å². The Morgan fingerprint density at radius 3 is 2.66 bits per heavy atom. The summed E-state index contributed by atoms with van der Waals surface area (Å²) in [5.74, 6) is -1.05. The number of piperidine rings is 1. The van der Waals surface area contributed by atoms with Gasteiger partial charge in [-0.25, -0.2) is 0 Å². The molecular weight excluding hydrogens is 508 g/mol. The van der Waals surface area contributed by atoms with Gasteiger partial charge in [-0.15, -0.1) is 0 Å². The molecule has 2 aromatic carbocycles. The number of nitrogens with one attached hydrogen (secondary N) is 2. The number of hydrogen-bond acceptors (Lipinski definition) is 6. The predicted molar refractivity (Wildman–Crippen MR) is 140 cm³/mol. The molecule has 2 fully saturated rings. The molecule has 2 N–H and O–H groups in total. The molecule has 3 aliphatic heterocycles. The number of amides is 4. The van der Waals surface area contributed by atoms with Gasteiger partial charge in [0.25, 0.3) is 5.91 Å². The van der Waals surface area contributed by atoms with Gasteiger partial charge in [0.15, 0.2) is 0 Å². The van der Waals surface area contributed by atoms with Gasteiger partial charge < -0.3 is 15.0 Å². The molecule has 5 rings (SSSR count). The van der Waals surface area contributed by atoms with Gasteiger partial charge in [-0.3, -0.25) is 29.4 Å². The zero-order valence-electron chi connectivity index (χ0n) is 21.1. The zero-order valence-corrected chi connectivity index (χ0v) is 21.9. The van der Waals surface area contributed by atoms with Crippen LogP contribution in [0.3, 0.4) is 0 Å². The molecule has 9 nitrogen and oxygen atoms in total. The van der Waals surface area contributed by atoms with Crippen LogP contribution < -0.4 is 10.6 Å². The number of halogens is 1. The third kappa shape index (κ3) is 6.06. The Morgan fingerprint density at radius 1 is 1.08 bits per heavy atom. The van der Waals surface area contributed by atoms with E-state index in [2.05, 4.69) is 15.5 Å². The lowest BCUT2D eigenvalue weighted by Gasteiger charge is -2.29. The predicted octanol–water partition coefficient (Wildman–Crippen LogP) is 1.83. The van der Waals surface area contributed by atoms with E-state index in [0.29, 0.717) is 30.1 Å². The molecule has 0 radical (unpaired) electrons. The van der Waals surface area contributed by atoms with Crippen molar-refractivity contribution in [2.75, 3.05) is 32.8 Å². The van der Waals surface area contributed by atoms with Crippen molar-refractivity contribution < 1.29 is 23.9 Å². The summed E-state index contributed by atoms with van der Waals surface area (Å²) in [5, 5.41) is 5.98. The van der Waals surface area contributed by atoms with Crippen molar-refractivity contribution in [3.05, 3.63) is 69.2 Å². The van der Waals surface area contributed by atoms with Crippen LogP contribution in [0, 0.1) is 0 Å². The molecule has 0 spiro atoms. The molecule has 3 aliphatic rings. The van der Waals surface area contributed by atoms with Gasteiger partial charge in [0.2, 0.25) is 17.7 Å². The van der Waals surface area contributed by atoms with Gasteiger partial charge in [-0.05, 0) is 47.2 Å². The molecule has 1 atom stereocenters. The highest BCUT2D eigenvalue weighted by Gasteiger charge is 2.39. The first-order chi connectivity index (χ1) is 18.4. The number of fused-ring (bicyclic) bond motifs is 1. The Labute approximate surface area is 226 Å². The molecule has 2 aromatic rings. The molecule has 200 valence electrons. The van der Waals surface area contributed by atoms with Crippen molar-refractivity contribution in [2.24, 2.45) is 0 Å². The summed E-state index contributed by atoms with van der Waals surface area (Å²) in [6, 6.07) is 10.5. The number of rotatable bonds is 8. The molecule has 10 heteroatoms. The van der Waals surface area contributed by atoms with Gasteiger partial charge in [-0.2, -0.15) is 0 Å². The number of carbonyl (C=O) groups is 4. The maximum atomic E-state index is 12.9. The van der Waals surface area contributed by atoms with Crippen LogP contribution in [-0.4, -0.2) is 72.3 Å². The first-order valence-corrected chi connectivity index (χ1v) is 13.4. The highest BCUT2D eigenvalue weighted by Crippen LogP contribution is 2.28. The maximum Gasteiger partial charge on any atom is 0.255 e. The fourth-order valence-corrected chi connectivity index (χ4v) is 5.43. The van der Waals surface area contributed by atoms with E-state index >= 15 is 0 Å². The second-order valence-electron chi connectivity index (χ2n) is 9.97. The number of imide groups is 1. The lowest BCUT2D eigenvalue weighted by molar-refractivity contribution is -0.137. The molecule has 38 heavy (non-hydrogen) atoms. The monoisotopic (exact) mass is 538 g/mol. The van der Waals surface area contributed by atoms with E-state index in [1.54, 1.807) is 6.07 Å². The zero-order chi connectivity index (χ0) is 26.6. The van der Waals surface area contributed by atoms with E-state index in [4.69, 9.17) is 16.3 Å². The summed E-state index contributed by atoms with van der Waals surface area (Å²) >= 11 is 6.41. The van der Waals surface area contributed by atoms with E-state index in [0.717, 1.165) is 61.5 Å². The van der Waals surface area contributed by atoms with Crippen LogP contribution >= 0.6 is 11.6 Å². The van der Waals surface area contributed by atoms with Crippen LogP contribution in [-0.2, 0) is 45.1 Å². The minimum Gasteiger partial charge on any atom is -0.379 e. The van der Waals surface area contributed by atoms with Gasteiger partial charge in [-0.1, -0.05) is 35.9 Å². The minimum absolute atomic E-state index is 0.104. The van der Waals surface area contributed by atoms with Crippen molar-refractivity contribution in [1.82, 2.24) is 20.4 Å². The van der Waals surface area contributed by atoms with Gasteiger partial charge >= 0.3 is 0 Å². The third-order valence-corrected chi connectivity index (χ3v) is 7.72. The fourth-order valence-electron chi connectivity index (χ4n) is 5.22. The molecule has 1 unspecified atom stereocenters. The van der Waals surface area contributed by atoms with Crippen LogP contribution in [0.2, 0.25) is 5.02 Å². The minimum atomic E-state index is -0.645. The second-order valence-corrected chi connectivity index (χ2v) is 10.4. The fraction of sp³-hybridized carbons (Fsp3) is 0.429. The Balaban J connectivity index is 1.15. The number of morpholine rings is 1. The summed E-state index contributed by atoms with van der Waals surface area (Å²) in [6.07, 6.45) is 1.61. The molecule has 0 aromatic heterocycles. The third-order valence-electron chi connectivity index (χ3n) is 7.35. The van der Waals surface area contributed by atoms with Gasteiger partial charge in [0, 0.05) is 49.7 Å². The Kier molecular flexibility index (Phi) is 8.06. The number of ether oxygens (including phenoxy) is 1. The number of nitrogens with zero attached hydrogens (tertiary/aromatic N) is 2. The van der Waals surface area contributed by atoms with Crippen molar-refractivity contribution in [1.29, 1.82) is 0 Å². The Bertz CT molecular complexity index is 1260. The van der Waals surface area contributed by atoms with Crippen LogP contribution in [0.1, 0.15) is 45.5 Å². The summed E-state index contributed by atoms with van der Waals surface area (Å²) < 4.78 is 5.40. The second kappa shape index (κ2) is 11.6. The summed E-state index contributed by atoms with van der Waals surface area (Å²) in [4.78, 5) is 53.1. The van der Waals surface area contributed by atoms with E-state index in [1.165, 1.54) is 4.90 Å². The molecular formula is C28H31ClN4O5. The SMILES string of the molecule is O=C(Cc1ccc(Cl)c(CCN2CCOCC2)c1)NCc1ccc2c(c1)CN(C1CCC(=O)NC1=O)C2=O. The molecule has 2 saturated heterocycles. The Morgan fingerprint density at radius 2 is 1.87 bits per heavy atom. The Hall–Kier alpha value is -3.27. The van der Waals surface area contributed by atoms with E-state index in [9.17, 15) is 19.2 Å². The van der Waals surface area contributed by atoms with E-state index < -0.39 is 11.9 Å². The van der Waals surface area contributed by atoms with Gasteiger partial charge in [0.1, 0.15) is 6.04 Å². The first kappa shape index (κ1) is 26.3. The highest BCUT2D eigenvalue weighted by atomic mass is 35.5. The molecule has 4 amide bonds. The molecule has 0 saturated carbocycles. The van der Waals surface area contributed by atoms with Crippen molar-refractivity contribution in [3.63, 3.8) is 0 Å². The molecule has 3 heterocycles. The average Bonchev–Trinajstić information content (AvgIpc) is 3.23. The van der Waals surface area contributed by atoms with Gasteiger partial charge in [0.05, 0.1) is 19.6 Å². The standard InChI is InChI=1S/C28H31ClN4O5/c29-23-4-2-18(13-20(23)7-8-32-9-11-38-12-10-32)15-26(35)30-16-19-1-3-22-21(14-19)17-33(28(22)37)24-5-6-25(34)31-27(24)36/h1-4,13-14,24H,5-12,15-17H2,(H,30,35)(H,31,34,36).